The van der Waals surface area contributed by atoms with Gasteiger partial charge in [-0.3, -0.25) is 0 Å². The van der Waals surface area contributed by atoms with Crippen LogP contribution < -0.4 is 20.1 Å². The lowest BCUT2D eigenvalue weighted by Gasteiger charge is -2.13. The molecule has 7 heteroatoms. The maximum absolute atomic E-state index is 5.42. The number of nitrogens with zero attached hydrogens (tertiary/aromatic N) is 1. The summed E-state index contributed by atoms with van der Waals surface area (Å²) in [5.41, 5.74) is 1.11. The van der Waals surface area contributed by atoms with Crippen molar-refractivity contribution in [1.29, 1.82) is 0 Å². The van der Waals surface area contributed by atoms with Crippen LogP contribution in [0.1, 0.15) is 17.4 Å². The fraction of sp³-hybridized carbons (Fsp3) is 0.389. The third kappa shape index (κ3) is 7.11. The molecule has 2 aromatic rings. The van der Waals surface area contributed by atoms with Crippen LogP contribution in [0.2, 0.25) is 0 Å². The molecule has 138 valence electrons. The smallest absolute Gasteiger partial charge is 0.191 e. The number of halogens is 1. The number of ether oxygens (including phenoxy) is 2. The largest absolute Gasteiger partial charge is 0.497 e. The second-order valence-corrected chi connectivity index (χ2v) is 6.16. The number of benzene rings is 1. The predicted molar refractivity (Wildman–Crippen MR) is 116 cm³/mol. The zero-order valence-corrected chi connectivity index (χ0v) is 18.0. The van der Waals surface area contributed by atoms with Gasteiger partial charge in [0.15, 0.2) is 5.96 Å². The number of hydrogen-bond acceptors (Lipinski definition) is 4. The number of rotatable bonds is 8. The van der Waals surface area contributed by atoms with Crippen LogP contribution in [0.15, 0.2) is 40.7 Å². The van der Waals surface area contributed by atoms with Gasteiger partial charge in [0, 0.05) is 18.0 Å². The molecule has 2 N–H and O–H groups in total. The van der Waals surface area contributed by atoms with Crippen LogP contribution in [0.4, 0.5) is 0 Å². The second kappa shape index (κ2) is 12.0. The van der Waals surface area contributed by atoms with Gasteiger partial charge in [-0.05, 0) is 48.6 Å². The first-order chi connectivity index (χ1) is 11.8. The molecule has 0 amide bonds. The molecule has 1 heterocycles. The summed E-state index contributed by atoms with van der Waals surface area (Å²) < 4.78 is 10.7. The summed E-state index contributed by atoms with van der Waals surface area (Å²) in [6.07, 6.45) is 0.823. The molecule has 25 heavy (non-hydrogen) atoms. The molecule has 0 unspecified atom stereocenters. The molecular formula is C18H26IN3O2S. The summed E-state index contributed by atoms with van der Waals surface area (Å²) in [6.45, 7) is 4.35. The van der Waals surface area contributed by atoms with E-state index in [1.165, 1.54) is 4.88 Å². The minimum absolute atomic E-state index is 0. The fourth-order valence-electron chi connectivity index (χ4n) is 2.29. The minimum atomic E-state index is 0. The van der Waals surface area contributed by atoms with Crippen molar-refractivity contribution in [3.63, 3.8) is 0 Å². The van der Waals surface area contributed by atoms with E-state index in [1.54, 1.807) is 25.6 Å². The molecule has 0 atom stereocenters. The van der Waals surface area contributed by atoms with Gasteiger partial charge in [-0.25, -0.2) is 4.99 Å². The molecular weight excluding hydrogens is 449 g/mol. The molecule has 1 aromatic heterocycles. The molecule has 0 bridgehead atoms. The van der Waals surface area contributed by atoms with Gasteiger partial charge in [0.1, 0.15) is 11.5 Å². The summed E-state index contributed by atoms with van der Waals surface area (Å²) in [5, 5.41) is 8.71. The highest BCUT2D eigenvalue weighted by Gasteiger charge is 2.06. The van der Waals surface area contributed by atoms with Gasteiger partial charge in [0.25, 0.3) is 0 Å². The van der Waals surface area contributed by atoms with Crippen LogP contribution >= 0.6 is 35.3 Å². The van der Waals surface area contributed by atoms with Gasteiger partial charge in [0.05, 0.1) is 20.8 Å². The van der Waals surface area contributed by atoms with Crippen molar-refractivity contribution in [1.82, 2.24) is 10.6 Å². The Kier molecular flexibility index (Phi) is 10.3. The normalized spacial score (nSPS) is 10.8. The first kappa shape index (κ1) is 21.6. The van der Waals surface area contributed by atoms with Crippen LogP contribution in [-0.4, -0.2) is 33.3 Å². The zero-order valence-electron chi connectivity index (χ0n) is 14.9. The van der Waals surface area contributed by atoms with E-state index in [2.05, 4.69) is 34.0 Å². The Hall–Kier alpha value is -1.48. The Labute approximate surface area is 170 Å². The van der Waals surface area contributed by atoms with Crippen molar-refractivity contribution in [3.8, 4) is 11.5 Å². The standard InChI is InChI=1S/C18H25N3O2S.HI/c1-4-19-18(21-13-16-6-5-11-24-16)20-10-9-14-12-15(22-2)7-8-17(14)23-3;/h5-8,11-12H,4,9-10,13H2,1-3H3,(H2,19,20,21);1H. The molecule has 0 aliphatic heterocycles. The molecule has 0 saturated carbocycles. The van der Waals surface area contributed by atoms with Crippen molar-refractivity contribution < 1.29 is 9.47 Å². The number of thiophene rings is 1. The molecule has 0 radical (unpaired) electrons. The third-order valence-electron chi connectivity index (χ3n) is 3.49. The number of nitrogens with one attached hydrogen (secondary N) is 2. The van der Waals surface area contributed by atoms with Crippen molar-refractivity contribution in [2.75, 3.05) is 27.3 Å². The van der Waals surface area contributed by atoms with Gasteiger partial charge >= 0.3 is 0 Å². The van der Waals surface area contributed by atoms with Gasteiger partial charge in [-0.1, -0.05) is 6.07 Å². The lowest BCUT2D eigenvalue weighted by molar-refractivity contribution is 0.398. The van der Waals surface area contributed by atoms with E-state index < -0.39 is 0 Å². The van der Waals surface area contributed by atoms with Crippen molar-refractivity contribution >= 4 is 41.3 Å². The monoisotopic (exact) mass is 475 g/mol. The van der Waals surface area contributed by atoms with Crippen LogP contribution in [0, 0.1) is 0 Å². The molecule has 0 spiro atoms. The van der Waals surface area contributed by atoms with E-state index in [0.717, 1.165) is 42.5 Å². The fourth-order valence-corrected chi connectivity index (χ4v) is 2.92. The quantitative estimate of drug-likeness (QED) is 0.348. The first-order valence-corrected chi connectivity index (χ1v) is 8.90. The van der Waals surface area contributed by atoms with E-state index in [9.17, 15) is 0 Å². The lowest BCUT2D eigenvalue weighted by Crippen LogP contribution is -2.38. The summed E-state index contributed by atoms with van der Waals surface area (Å²) in [6, 6.07) is 9.99. The minimum Gasteiger partial charge on any atom is -0.497 e. The van der Waals surface area contributed by atoms with Crippen LogP contribution in [-0.2, 0) is 13.0 Å². The van der Waals surface area contributed by atoms with Crippen molar-refractivity contribution in [2.24, 2.45) is 4.99 Å². The lowest BCUT2D eigenvalue weighted by atomic mass is 10.1. The molecule has 2 rings (SSSR count). The average molecular weight is 475 g/mol. The number of aliphatic imine (C=N–C) groups is 1. The summed E-state index contributed by atoms with van der Waals surface area (Å²) in [4.78, 5) is 5.86. The number of guanidine groups is 1. The maximum atomic E-state index is 5.42. The molecule has 0 aliphatic carbocycles. The highest BCUT2D eigenvalue weighted by Crippen LogP contribution is 2.24. The molecule has 5 nitrogen and oxygen atoms in total. The Morgan fingerprint density at radius 3 is 2.64 bits per heavy atom. The molecule has 0 fully saturated rings. The number of hydrogen-bond donors (Lipinski definition) is 2. The Morgan fingerprint density at radius 2 is 2.00 bits per heavy atom. The highest BCUT2D eigenvalue weighted by molar-refractivity contribution is 14.0. The third-order valence-corrected chi connectivity index (χ3v) is 4.35. The van der Waals surface area contributed by atoms with Gasteiger partial charge in [0.2, 0.25) is 0 Å². The molecule has 0 aliphatic rings. The van der Waals surface area contributed by atoms with E-state index in [0.29, 0.717) is 6.54 Å². The van der Waals surface area contributed by atoms with Crippen molar-refractivity contribution in [2.45, 2.75) is 19.9 Å². The number of methoxy groups -OCH3 is 2. The Bertz CT molecular complexity index is 648. The summed E-state index contributed by atoms with van der Waals surface area (Å²) >= 11 is 1.72. The van der Waals surface area contributed by atoms with Crippen LogP contribution in [0.3, 0.4) is 0 Å². The molecule has 1 aromatic carbocycles. The Balaban J connectivity index is 0.00000312. The second-order valence-electron chi connectivity index (χ2n) is 5.13. The summed E-state index contributed by atoms with van der Waals surface area (Å²) in [5.74, 6) is 2.54. The van der Waals surface area contributed by atoms with Crippen LogP contribution in [0.25, 0.3) is 0 Å². The van der Waals surface area contributed by atoms with E-state index in [-0.39, 0.29) is 24.0 Å². The van der Waals surface area contributed by atoms with Gasteiger partial charge < -0.3 is 20.1 Å². The van der Waals surface area contributed by atoms with E-state index in [4.69, 9.17) is 9.47 Å². The maximum Gasteiger partial charge on any atom is 0.191 e. The highest BCUT2D eigenvalue weighted by atomic mass is 127. The SMILES string of the molecule is CCNC(=NCc1cccs1)NCCc1cc(OC)ccc1OC.I. The predicted octanol–water partition coefficient (Wildman–Crippen LogP) is 3.68. The topological polar surface area (TPSA) is 54.9 Å². The van der Waals surface area contributed by atoms with Gasteiger partial charge in [-0.2, -0.15) is 0 Å². The molecule has 0 saturated heterocycles. The Morgan fingerprint density at radius 1 is 1.16 bits per heavy atom. The van der Waals surface area contributed by atoms with E-state index >= 15 is 0 Å². The first-order valence-electron chi connectivity index (χ1n) is 8.02. The zero-order chi connectivity index (χ0) is 17.2. The summed E-state index contributed by atoms with van der Waals surface area (Å²) in [7, 11) is 3.36. The van der Waals surface area contributed by atoms with Crippen LogP contribution in [0.5, 0.6) is 11.5 Å². The van der Waals surface area contributed by atoms with Crippen molar-refractivity contribution in [3.05, 3.63) is 46.2 Å². The van der Waals surface area contributed by atoms with Gasteiger partial charge in [-0.15, -0.1) is 35.3 Å². The van der Waals surface area contributed by atoms with E-state index in [1.807, 2.05) is 24.3 Å². The average Bonchev–Trinajstić information content (AvgIpc) is 3.13.